The third-order valence-corrected chi connectivity index (χ3v) is 3.29. The molecule has 0 aliphatic rings. The molecule has 0 atom stereocenters. The number of hydrogen-bond acceptors (Lipinski definition) is 5. The highest BCUT2D eigenvalue weighted by Gasteiger charge is 2.23. The third-order valence-electron chi connectivity index (χ3n) is 2.28. The molecule has 0 saturated carbocycles. The van der Waals surface area contributed by atoms with E-state index in [2.05, 4.69) is 4.37 Å². The maximum atomic E-state index is 11.8. The van der Waals surface area contributed by atoms with Crippen LogP contribution >= 0.6 is 11.5 Å². The Kier molecular flexibility index (Phi) is 4.80. The Morgan fingerprint density at radius 2 is 2.11 bits per heavy atom. The van der Waals surface area contributed by atoms with Crippen LogP contribution in [0.5, 0.6) is 0 Å². The molecule has 18 heavy (non-hydrogen) atoms. The molecule has 1 N–H and O–H groups in total. The van der Waals surface area contributed by atoms with Crippen LogP contribution in [-0.2, 0) is 9.53 Å². The van der Waals surface area contributed by atoms with E-state index < -0.39 is 5.97 Å². The van der Waals surface area contributed by atoms with Gasteiger partial charge >= 0.3 is 5.97 Å². The van der Waals surface area contributed by atoms with Crippen LogP contribution < -0.4 is 4.90 Å². The Hall–Kier alpha value is -1.47. The van der Waals surface area contributed by atoms with Crippen LogP contribution in [0, 0.1) is 6.92 Å². The van der Waals surface area contributed by atoms with E-state index in [9.17, 15) is 9.59 Å². The first kappa shape index (κ1) is 14.6. The average molecular weight is 272 g/mol. The number of hydrogen-bond donors (Lipinski definition) is 1. The molecule has 0 aliphatic heterocycles. The topological polar surface area (TPSA) is 79.7 Å². The molecule has 0 unspecified atom stereocenters. The minimum Gasteiger partial charge on any atom is -0.478 e. The Morgan fingerprint density at radius 1 is 1.50 bits per heavy atom. The van der Waals surface area contributed by atoms with Gasteiger partial charge in [0.15, 0.2) is 0 Å². The molecule has 0 bridgehead atoms. The SMILES string of the molecule is Cc1nsc(N(C)C(=O)COC(C)C)c1C(=O)O. The lowest BCUT2D eigenvalue weighted by molar-refractivity contribution is -0.124. The summed E-state index contributed by atoms with van der Waals surface area (Å²) >= 11 is 0.994. The third kappa shape index (κ3) is 3.27. The van der Waals surface area contributed by atoms with Gasteiger partial charge in [0.2, 0.25) is 0 Å². The Bertz CT molecular complexity index is 456. The zero-order valence-corrected chi connectivity index (χ0v) is 11.6. The molecule has 0 aromatic carbocycles. The van der Waals surface area contributed by atoms with Gasteiger partial charge in [0, 0.05) is 7.05 Å². The zero-order valence-electron chi connectivity index (χ0n) is 10.8. The van der Waals surface area contributed by atoms with Crippen molar-refractivity contribution < 1.29 is 19.4 Å². The van der Waals surface area contributed by atoms with Crippen LogP contribution in [0.4, 0.5) is 5.00 Å². The number of likely N-dealkylation sites (N-methyl/N-ethyl adjacent to an activating group) is 1. The first-order valence-electron chi connectivity index (χ1n) is 5.42. The maximum Gasteiger partial charge on any atom is 0.340 e. The first-order valence-corrected chi connectivity index (χ1v) is 6.19. The summed E-state index contributed by atoms with van der Waals surface area (Å²) in [6.45, 7) is 5.18. The molecule has 7 heteroatoms. The van der Waals surface area contributed by atoms with E-state index in [0.717, 1.165) is 11.5 Å². The van der Waals surface area contributed by atoms with Crippen molar-refractivity contribution in [1.82, 2.24) is 4.37 Å². The summed E-state index contributed by atoms with van der Waals surface area (Å²) < 4.78 is 9.16. The van der Waals surface area contributed by atoms with Crippen LogP contribution in [0.25, 0.3) is 0 Å². The number of amides is 1. The van der Waals surface area contributed by atoms with Crippen LogP contribution in [0.3, 0.4) is 0 Å². The molecule has 1 rings (SSSR count). The Labute approximate surface area is 109 Å². The number of ether oxygens (including phenoxy) is 1. The molecule has 1 aromatic heterocycles. The highest BCUT2D eigenvalue weighted by atomic mass is 32.1. The zero-order chi connectivity index (χ0) is 13.9. The van der Waals surface area contributed by atoms with Crippen molar-refractivity contribution in [3.63, 3.8) is 0 Å². The quantitative estimate of drug-likeness (QED) is 0.879. The molecule has 0 spiro atoms. The smallest absolute Gasteiger partial charge is 0.340 e. The minimum atomic E-state index is -1.08. The summed E-state index contributed by atoms with van der Waals surface area (Å²) in [7, 11) is 1.52. The molecule has 1 amide bonds. The Balaban J connectivity index is 2.87. The molecule has 6 nitrogen and oxygen atoms in total. The Morgan fingerprint density at radius 3 is 2.61 bits per heavy atom. The highest BCUT2D eigenvalue weighted by molar-refractivity contribution is 7.11. The summed E-state index contributed by atoms with van der Waals surface area (Å²) in [6.07, 6.45) is -0.0514. The number of nitrogens with zero attached hydrogens (tertiary/aromatic N) is 2. The molecule has 100 valence electrons. The van der Waals surface area contributed by atoms with Crippen LogP contribution in [0.1, 0.15) is 29.9 Å². The van der Waals surface area contributed by atoms with Crippen molar-refractivity contribution >= 4 is 28.4 Å². The largest absolute Gasteiger partial charge is 0.478 e. The predicted molar refractivity (Wildman–Crippen MR) is 68.3 cm³/mol. The van der Waals surface area contributed by atoms with Gasteiger partial charge in [-0.25, -0.2) is 4.79 Å². The van der Waals surface area contributed by atoms with Gasteiger partial charge < -0.3 is 14.7 Å². The van der Waals surface area contributed by atoms with Crippen LogP contribution in [0.2, 0.25) is 0 Å². The first-order chi connectivity index (χ1) is 8.34. The van der Waals surface area contributed by atoms with Crippen molar-refractivity contribution in [3.8, 4) is 0 Å². The lowest BCUT2D eigenvalue weighted by atomic mass is 10.2. The number of aromatic carboxylic acids is 1. The lowest BCUT2D eigenvalue weighted by Gasteiger charge is -2.16. The van der Waals surface area contributed by atoms with E-state index in [1.807, 2.05) is 13.8 Å². The summed E-state index contributed by atoms with van der Waals surface area (Å²) in [5.74, 6) is -1.38. The van der Waals surface area contributed by atoms with E-state index in [-0.39, 0.29) is 24.2 Å². The fourth-order valence-electron chi connectivity index (χ4n) is 1.28. The summed E-state index contributed by atoms with van der Waals surface area (Å²) in [4.78, 5) is 24.2. The molecule has 0 fully saturated rings. The van der Waals surface area contributed by atoms with Gasteiger partial charge in [-0.3, -0.25) is 4.79 Å². The van der Waals surface area contributed by atoms with E-state index in [1.54, 1.807) is 6.92 Å². The molecular formula is C11H16N2O4S. The van der Waals surface area contributed by atoms with Gasteiger partial charge in [0.25, 0.3) is 5.91 Å². The summed E-state index contributed by atoms with van der Waals surface area (Å²) in [5.41, 5.74) is 0.479. The lowest BCUT2D eigenvalue weighted by Crippen LogP contribution is -2.31. The van der Waals surface area contributed by atoms with E-state index in [4.69, 9.17) is 9.84 Å². The van der Waals surface area contributed by atoms with Crippen LogP contribution in [-0.4, -0.2) is 41.1 Å². The normalized spacial score (nSPS) is 10.7. The molecule has 0 saturated heterocycles. The number of anilines is 1. The highest BCUT2D eigenvalue weighted by Crippen LogP contribution is 2.27. The second-order valence-corrected chi connectivity index (χ2v) is 4.82. The minimum absolute atomic E-state index is 0.0514. The maximum absolute atomic E-state index is 11.8. The van der Waals surface area contributed by atoms with Crippen molar-refractivity contribution in [2.45, 2.75) is 26.9 Å². The van der Waals surface area contributed by atoms with E-state index in [0.29, 0.717) is 10.7 Å². The molecular weight excluding hydrogens is 256 g/mol. The summed E-state index contributed by atoms with van der Waals surface area (Å²) in [5, 5.41) is 9.41. The standard InChI is InChI=1S/C11H16N2O4S/c1-6(2)17-5-8(14)13(4)10-9(11(15)16)7(3)12-18-10/h6H,5H2,1-4H3,(H,15,16). The van der Waals surface area contributed by atoms with Crippen LogP contribution in [0.15, 0.2) is 0 Å². The van der Waals surface area contributed by atoms with Gasteiger partial charge in [0.05, 0.1) is 11.8 Å². The number of carbonyl (C=O) groups is 2. The van der Waals surface area contributed by atoms with E-state index in [1.165, 1.54) is 11.9 Å². The van der Waals surface area contributed by atoms with Gasteiger partial charge in [0.1, 0.15) is 17.2 Å². The fraction of sp³-hybridized carbons (Fsp3) is 0.545. The van der Waals surface area contributed by atoms with Gasteiger partial charge in [-0.15, -0.1) is 0 Å². The summed E-state index contributed by atoms with van der Waals surface area (Å²) in [6, 6.07) is 0. The number of aryl methyl sites for hydroxylation is 1. The second kappa shape index (κ2) is 5.92. The van der Waals surface area contributed by atoms with E-state index >= 15 is 0 Å². The monoisotopic (exact) mass is 272 g/mol. The number of carbonyl (C=O) groups excluding carboxylic acids is 1. The van der Waals surface area contributed by atoms with Gasteiger partial charge in [-0.2, -0.15) is 4.37 Å². The van der Waals surface area contributed by atoms with Gasteiger partial charge in [-0.05, 0) is 32.3 Å². The number of aromatic nitrogens is 1. The number of carboxylic acid groups (broad SMARTS) is 1. The second-order valence-electron chi connectivity index (χ2n) is 4.07. The van der Waals surface area contributed by atoms with Crippen molar-refractivity contribution in [2.75, 3.05) is 18.6 Å². The van der Waals surface area contributed by atoms with Crippen molar-refractivity contribution in [3.05, 3.63) is 11.3 Å². The molecule has 1 aromatic rings. The average Bonchev–Trinajstić information content (AvgIpc) is 2.66. The van der Waals surface area contributed by atoms with Gasteiger partial charge in [-0.1, -0.05) is 0 Å². The molecule has 0 aliphatic carbocycles. The number of rotatable bonds is 5. The van der Waals surface area contributed by atoms with Crippen molar-refractivity contribution in [2.24, 2.45) is 0 Å². The van der Waals surface area contributed by atoms with Crippen molar-refractivity contribution in [1.29, 1.82) is 0 Å². The molecule has 0 radical (unpaired) electrons. The molecule has 1 heterocycles. The number of carboxylic acids is 1. The fourth-order valence-corrected chi connectivity index (χ4v) is 2.15. The predicted octanol–water partition coefficient (Wildman–Crippen LogP) is 1.54.